The Bertz CT molecular complexity index is 1010. The van der Waals surface area contributed by atoms with Gasteiger partial charge in [-0.3, -0.25) is 9.59 Å². The number of nitrogens with zero attached hydrogens (tertiary/aromatic N) is 2. The quantitative estimate of drug-likeness (QED) is 0.690. The zero-order chi connectivity index (χ0) is 20.8. The van der Waals surface area contributed by atoms with Gasteiger partial charge in [-0.25, -0.2) is 4.98 Å². The van der Waals surface area contributed by atoms with Crippen molar-refractivity contribution in [1.29, 1.82) is 0 Å². The van der Waals surface area contributed by atoms with Crippen LogP contribution in [0.5, 0.6) is 0 Å². The van der Waals surface area contributed by atoms with Gasteiger partial charge in [-0.15, -0.1) is 0 Å². The number of oxazole rings is 1. The summed E-state index contributed by atoms with van der Waals surface area (Å²) in [6, 6.07) is 16.9. The number of nitrogens with one attached hydrogen (secondary N) is 1. The van der Waals surface area contributed by atoms with Crippen LogP contribution in [-0.4, -0.2) is 34.8 Å². The Hall–Kier alpha value is -3.41. The molecule has 0 atom stereocenters. The predicted octanol–water partition coefficient (Wildman–Crippen LogP) is 4.29. The number of rotatable bonds is 5. The monoisotopic (exact) mass is 403 g/mol. The first-order valence-electron chi connectivity index (χ1n) is 10.4. The summed E-state index contributed by atoms with van der Waals surface area (Å²) in [7, 11) is 0. The van der Waals surface area contributed by atoms with Crippen LogP contribution in [0.1, 0.15) is 52.1 Å². The van der Waals surface area contributed by atoms with E-state index in [1.54, 1.807) is 12.1 Å². The van der Waals surface area contributed by atoms with Gasteiger partial charge in [0.2, 0.25) is 0 Å². The summed E-state index contributed by atoms with van der Waals surface area (Å²) in [5.41, 5.74) is 2.30. The third-order valence-corrected chi connectivity index (χ3v) is 5.37. The SMILES string of the molecule is O=C(NCc1ccccc1)c1ncoc1-c1ccccc1C(=O)N1CCCCCC1. The van der Waals surface area contributed by atoms with Crippen LogP contribution < -0.4 is 5.32 Å². The standard InChI is InChI=1S/C24H25N3O3/c28-23(25-16-18-10-4-3-5-11-18)21-22(30-17-26-21)19-12-6-7-13-20(19)24(29)27-14-8-1-2-9-15-27/h3-7,10-13,17H,1-2,8-9,14-16H2,(H,25,28). The van der Waals surface area contributed by atoms with Crippen molar-refractivity contribution in [2.45, 2.75) is 32.2 Å². The second kappa shape index (κ2) is 9.39. The third kappa shape index (κ3) is 4.43. The van der Waals surface area contributed by atoms with E-state index in [4.69, 9.17) is 4.42 Å². The van der Waals surface area contributed by atoms with Crippen molar-refractivity contribution < 1.29 is 14.0 Å². The average molecular weight is 403 g/mol. The van der Waals surface area contributed by atoms with Gasteiger partial charge < -0.3 is 14.6 Å². The lowest BCUT2D eigenvalue weighted by atomic mass is 10.0. The van der Waals surface area contributed by atoms with Crippen molar-refractivity contribution in [2.75, 3.05) is 13.1 Å². The third-order valence-electron chi connectivity index (χ3n) is 5.37. The molecule has 1 aromatic heterocycles. The highest BCUT2D eigenvalue weighted by atomic mass is 16.3. The zero-order valence-electron chi connectivity index (χ0n) is 16.8. The lowest BCUT2D eigenvalue weighted by Crippen LogP contribution is -2.32. The van der Waals surface area contributed by atoms with Gasteiger partial charge in [0, 0.05) is 25.2 Å². The zero-order valence-corrected chi connectivity index (χ0v) is 16.8. The number of carbonyl (C=O) groups excluding carboxylic acids is 2. The van der Waals surface area contributed by atoms with Crippen molar-refractivity contribution in [3.8, 4) is 11.3 Å². The summed E-state index contributed by atoms with van der Waals surface area (Å²) < 4.78 is 5.58. The van der Waals surface area contributed by atoms with E-state index in [0.29, 0.717) is 23.4 Å². The number of aromatic nitrogens is 1. The molecule has 0 saturated carbocycles. The molecule has 2 heterocycles. The molecule has 30 heavy (non-hydrogen) atoms. The van der Waals surface area contributed by atoms with E-state index in [0.717, 1.165) is 44.3 Å². The fourth-order valence-corrected chi connectivity index (χ4v) is 3.77. The maximum atomic E-state index is 13.2. The molecule has 4 rings (SSSR count). The maximum absolute atomic E-state index is 13.2. The van der Waals surface area contributed by atoms with E-state index in [2.05, 4.69) is 10.3 Å². The molecule has 2 amide bonds. The van der Waals surface area contributed by atoms with E-state index in [1.165, 1.54) is 6.39 Å². The Morgan fingerprint density at radius 1 is 0.933 bits per heavy atom. The van der Waals surface area contributed by atoms with Crippen LogP contribution >= 0.6 is 0 Å². The summed E-state index contributed by atoms with van der Waals surface area (Å²) in [4.78, 5) is 32.0. The van der Waals surface area contributed by atoms with Crippen molar-refractivity contribution in [1.82, 2.24) is 15.2 Å². The molecule has 1 N–H and O–H groups in total. The van der Waals surface area contributed by atoms with Crippen LogP contribution in [0.25, 0.3) is 11.3 Å². The Labute approximate surface area is 175 Å². The lowest BCUT2D eigenvalue weighted by Gasteiger charge is -2.21. The lowest BCUT2D eigenvalue weighted by molar-refractivity contribution is 0.0761. The van der Waals surface area contributed by atoms with Gasteiger partial charge in [0.05, 0.1) is 5.56 Å². The normalized spacial score (nSPS) is 14.2. The molecule has 1 saturated heterocycles. The Balaban J connectivity index is 1.57. The van der Waals surface area contributed by atoms with Gasteiger partial charge >= 0.3 is 0 Å². The first-order chi connectivity index (χ1) is 14.7. The Morgan fingerprint density at radius 2 is 1.63 bits per heavy atom. The fourth-order valence-electron chi connectivity index (χ4n) is 3.77. The first-order valence-corrected chi connectivity index (χ1v) is 10.4. The molecule has 2 aromatic carbocycles. The summed E-state index contributed by atoms with van der Waals surface area (Å²) >= 11 is 0. The fraction of sp³-hybridized carbons (Fsp3) is 0.292. The number of likely N-dealkylation sites (tertiary alicyclic amines) is 1. The molecular formula is C24H25N3O3. The molecule has 6 nitrogen and oxygen atoms in total. The van der Waals surface area contributed by atoms with Gasteiger partial charge in [0.15, 0.2) is 17.8 Å². The van der Waals surface area contributed by atoms with Gasteiger partial charge in [-0.1, -0.05) is 61.4 Å². The minimum Gasteiger partial charge on any atom is -0.443 e. The summed E-state index contributed by atoms with van der Waals surface area (Å²) in [6.45, 7) is 1.91. The summed E-state index contributed by atoms with van der Waals surface area (Å²) in [6.07, 6.45) is 5.59. The van der Waals surface area contributed by atoms with Crippen molar-refractivity contribution in [3.63, 3.8) is 0 Å². The van der Waals surface area contributed by atoms with Gasteiger partial charge in [-0.2, -0.15) is 0 Å². The highest BCUT2D eigenvalue weighted by molar-refractivity contribution is 6.04. The van der Waals surface area contributed by atoms with Crippen molar-refractivity contribution in [2.24, 2.45) is 0 Å². The molecule has 6 heteroatoms. The molecular weight excluding hydrogens is 378 g/mol. The first kappa shape index (κ1) is 19.9. The Kier molecular flexibility index (Phi) is 6.23. The number of hydrogen-bond donors (Lipinski definition) is 1. The topological polar surface area (TPSA) is 75.4 Å². The van der Waals surface area contributed by atoms with Crippen LogP contribution in [0.15, 0.2) is 65.4 Å². The van der Waals surface area contributed by atoms with Crippen LogP contribution in [0, 0.1) is 0 Å². The molecule has 0 aliphatic carbocycles. The van der Waals surface area contributed by atoms with E-state index in [1.807, 2.05) is 47.4 Å². The molecule has 0 spiro atoms. The molecule has 154 valence electrons. The molecule has 0 unspecified atom stereocenters. The molecule has 1 aliphatic rings. The highest BCUT2D eigenvalue weighted by Crippen LogP contribution is 2.28. The van der Waals surface area contributed by atoms with E-state index >= 15 is 0 Å². The van der Waals surface area contributed by atoms with Crippen LogP contribution in [-0.2, 0) is 6.54 Å². The second-order valence-corrected chi connectivity index (χ2v) is 7.45. The predicted molar refractivity (Wildman–Crippen MR) is 114 cm³/mol. The van der Waals surface area contributed by atoms with Crippen molar-refractivity contribution in [3.05, 3.63) is 77.8 Å². The molecule has 1 aliphatic heterocycles. The van der Waals surface area contributed by atoms with Crippen LogP contribution in [0.2, 0.25) is 0 Å². The van der Waals surface area contributed by atoms with Gasteiger partial charge in [-0.05, 0) is 24.5 Å². The number of amides is 2. The average Bonchev–Trinajstić information content (AvgIpc) is 3.12. The summed E-state index contributed by atoms with van der Waals surface area (Å²) in [5, 5.41) is 2.88. The smallest absolute Gasteiger partial charge is 0.274 e. The minimum atomic E-state index is -0.334. The Morgan fingerprint density at radius 3 is 2.40 bits per heavy atom. The van der Waals surface area contributed by atoms with Crippen molar-refractivity contribution >= 4 is 11.8 Å². The number of carbonyl (C=O) groups is 2. The minimum absolute atomic E-state index is 0.0282. The van der Waals surface area contributed by atoms with Gasteiger partial charge in [0.1, 0.15) is 0 Å². The molecule has 0 radical (unpaired) electrons. The van der Waals surface area contributed by atoms with E-state index in [9.17, 15) is 9.59 Å². The maximum Gasteiger partial charge on any atom is 0.274 e. The molecule has 1 fully saturated rings. The van der Waals surface area contributed by atoms with Gasteiger partial charge in [0.25, 0.3) is 11.8 Å². The molecule has 0 bridgehead atoms. The van der Waals surface area contributed by atoms with Crippen LogP contribution in [0.4, 0.5) is 0 Å². The largest absolute Gasteiger partial charge is 0.443 e. The van der Waals surface area contributed by atoms with E-state index in [-0.39, 0.29) is 17.5 Å². The molecule has 3 aromatic rings. The number of benzene rings is 2. The number of hydrogen-bond acceptors (Lipinski definition) is 4. The van der Waals surface area contributed by atoms with Crippen LogP contribution in [0.3, 0.4) is 0 Å². The van der Waals surface area contributed by atoms with E-state index < -0.39 is 0 Å². The second-order valence-electron chi connectivity index (χ2n) is 7.45. The highest BCUT2D eigenvalue weighted by Gasteiger charge is 2.25. The summed E-state index contributed by atoms with van der Waals surface area (Å²) in [5.74, 6) is -0.0431.